The first-order valence-corrected chi connectivity index (χ1v) is 8.43. The number of hydrogen-bond donors (Lipinski definition) is 3. The number of aryl methyl sites for hydroxylation is 1. The molecule has 3 aromatic rings. The van der Waals surface area contributed by atoms with Gasteiger partial charge in [0.25, 0.3) is 0 Å². The molecule has 8 heteroatoms. The molecule has 0 spiro atoms. The van der Waals surface area contributed by atoms with E-state index in [0.717, 1.165) is 22.3 Å². The molecule has 0 amide bonds. The van der Waals surface area contributed by atoms with E-state index in [1.807, 2.05) is 18.2 Å². The van der Waals surface area contributed by atoms with Crippen LogP contribution in [-0.2, 0) is 13.0 Å². The average Bonchev–Trinajstić information content (AvgIpc) is 3.06. The van der Waals surface area contributed by atoms with Gasteiger partial charge in [-0.1, -0.05) is 24.3 Å². The van der Waals surface area contributed by atoms with Crippen molar-refractivity contribution in [2.75, 3.05) is 5.32 Å². The number of hydrogen-bond acceptors (Lipinski definition) is 2. The molecule has 0 aliphatic heterocycles. The Morgan fingerprint density at radius 3 is 2.65 bits per heavy atom. The number of benzene rings is 2. The average molecular weight is 378 g/mol. The first kappa shape index (κ1) is 18.2. The van der Waals surface area contributed by atoms with E-state index in [0.29, 0.717) is 17.2 Å². The van der Waals surface area contributed by atoms with Crippen LogP contribution in [0.3, 0.4) is 0 Å². The van der Waals surface area contributed by atoms with Crippen molar-refractivity contribution in [2.24, 2.45) is 0 Å². The number of aromatic nitrogens is 2. The van der Waals surface area contributed by atoms with Crippen LogP contribution < -0.4 is 10.6 Å². The van der Waals surface area contributed by atoms with Crippen molar-refractivity contribution < 1.29 is 13.2 Å². The summed E-state index contributed by atoms with van der Waals surface area (Å²) >= 11 is 5.28. The van der Waals surface area contributed by atoms with Gasteiger partial charge in [-0.15, -0.1) is 0 Å². The van der Waals surface area contributed by atoms with Gasteiger partial charge in [0, 0.05) is 18.7 Å². The summed E-state index contributed by atoms with van der Waals surface area (Å²) in [6.07, 6.45) is -3.43. The van der Waals surface area contributed by atoms with Crippen LogP contribution in [0.1, 0.15) is 17.5 Å². The Bertz CT molecular complexity index is 905. The van der Waals surface area contributed by atoms with E-state index in [-0.39, 0.29) is 6.42 Å². The van der Waals surface area contributed by atoms with E-state index in [9.17, 15) is 13.2 Å². The van der Waals surface area contributed by atoms with Crippen molar-refractivity contribution in [1.82, 2.24) is 15.3 Å². The Hall–Kier alpha value is -2.61. The largest absolute Gasteiger partial charge is 0.389 e. The van der Waals surface area contributed by atoms with E-state index in [2.05, 4.69) is 20.6 Å². The maximum Gasteiger partial charge on any atom is 0.389 e. The summed E-state index contributed by atoms with van der Waals surface area (Å²) in [5, 5.41) is 6.50. The van der Waals surface area contributed by atoms with Crippen molar-refractivity contribution in [3.05, 3.63) is 59.9 Å². The maximum absolute atomic E-state index is 12.5. The van der Waals surface area contributed by atoms with Crippen LogP contribution in [0, 0.1) is 0 Å². The molecule has 0 saturated carbocycles. The molecule has 0 aliphatic carbocycles. The smallest absolute Gasteiger partial charge is 0.358 e. The molecule has 0 bridgehead atoms. The molecule has 0 atom stereocenters. The highest BCUT2D eigenvalue weighted by molar-refractivity contribution is 7.80. The third-order valence-electron chi connectivity index (χ3n) is 3.91. The van der Waals surface area contributed by atoms with E-state index < -0.39 is 12.6 Å². The lowest BCUT2D eigenvalue weighted by Crippen LogP contribution is -2.28. The summed E-state index contributed by atoms with van der Waals surface area (Å²) in [7, 11) is 0. The highest BCUT2D eigenvalue weighted by Gasteiger charge is 2.26. The summed E-state index contributed by atoms with van der Waals surface area (Å²) < 4.78 is 37.4. The van der Waals surface area contributed by atoms with Crippen LogP contribution in [0.15, 0.2) is 48.8 Å². The molecule has 0 fully saturated rings. The molecule has 3 N–H and O–H groups in total. The monoisotopic (exact) mass is 378 g/mol. The summed E-state index contributed by atoms with van der Waals surface area (Å²) in [5.74, 6) is 0. The van der Waals surface area contributed by atoms with Crippen LogP contribution in [0.4, 0.5) is 18.9 Å². The number of nitrogens with one attached hydrogen (secondary N) is 3. The van der Waals surface area contributed by atoms with Gasteiger partial charge in [0.2, 0.25) is 0 Å². The normalized spacial score (nSPS) is 11.5. The number of rotatable bonds is 5. The SMILES string of the molecule is FC(F)(F)CCc1ccccc1CNC(=S)Nc1ccc2nc[nH]c2c1. The summed E-state index contributed by atoms with van der Waals surface area (Å²) in [6, 6.07) is 12.7. The highest BCUT2D eigenvalue weighted by atomic mass is 32.1. The number of imidazole rings is 1. The molecular weight excluding hydrogens is 361 g/mol. The van der Waals surface area contributed by atoms with Gasteiger partial charge in [0.05, 0.1) is 17.4 Å². The zero-order valence-corrected chi connectivity index (χ0v) is 14.5. The zero-order chi connectivity index (χ0) is 18.6. The van der Waals surface area contributed by atoms with Crippen LogP contribution in [0.2, 0.25) is 0 Å². The second-order valence-corrected chi connectivity index (χ2v) is 6.23. The molecule has 1 heterocycles. The van der Waals surface area contributed by atoms with E-state index in [1.54, 1.807) is 30.6 Å². The quantitative estimate of drug-likeness (QED) is 0.571. The standard InChI is InChI=1S/C18H17F3N4S/c19-18(20,21)8-7-12-3-1-2-4-13(12)10-22-17(26)25-14-5-6-15-16(9-14)24-11-23-15/h1-6,9,11H,7-8,10H2,(H,23,24)(H2,22,25,26). The summed E-state index contributed by atoms with van der Waals surface area (Å²) in [6.45, 7) is 0.353. The van der Waals surface area contributed by atoms with Crippen LogP contribution in [0.25, 0.3) is 11.0 Å². The van der Waals surface area contributed by atoms with Gasteiger partial charge < -0.3 is 15.6 Å². The van der Waals surface area contributed by atoms with Gasteiger partial charge in [-0.05, 0) is 48.0 Å². The Labute approximate surface area is 153 Å². The molecule has 26 heavy (non-hydrogen) atoms. The Balaban J connectivity index is 1.58. The van der Waals surface area contributed by atoms with Crippen molar-refractivity contribution in [1.29, 1.82) is 0 Å². The van der Waals surface area contributed by atoms with Gasteiger partial charge >= 0.3 is 6.18 Å². The van der Waals surface area contributed by atoms with Crippen molar-refractivity contribution >= 4 is 34.1 Å². The molecule has 3 rings (SSSR count). The number of alkyl halides is 3. The second kappa shape index (κ2) is 7.74. The predicted octanol–water partition coefficient (Wildman–Crippen LogP) is 4.54. The number of aromatic amines is 1. The third kappa shape index (κ3) is 4.95. The van der Waals surface area contributed by atoms with Gasteiger partial charge in [-0.3, -0.25) is 0 Å². The number of anilines is 1. The second-order valence-electron chi connectivity index (χ2n) is 5.83. The fourth-order valence-corrected chi connectivity index (χ4v) is 2.80. The third-order valence-corrected chi connectivity index (χ3v) is 4.16. The molecule has 136 valence electrons. The molecule has 0 unspecified atom stereocenters. The van der Waals surface area contributed by atoms with Crippen molar-refractivity contribution in [2.45, 2.75) is 25.6 Å². The molecule has 2 aromatic carbocycles. The lowest BCUT2D eigenvalue weighted by Gasteiger charge is -2.14. The van der Waals surface area contributed by atoms with Gasteiger partial charge in [-0.2, -0.15) is 13.2 Å². The van der Waals surface area contributed by atoms with E-state index >= 15 is 0 Å². The van der Waals surface area contributed by atoms with Gasteiger partial charge in [0.15, 0.2) is 5.11 Å². The number of thiocarbonyl (C=S) groups is 1. The molecule has 4 nitrogen and oxygen atoms in total. The molecule has 0 saturated heterocycles. The number of nitrogens with zero attached hydrogens (tertiary/aromatic N) is 1. The van der Waals surface area contributed by atoms with Crippen LogP contribution in [-0.4, -0.2) is 21.3 Å². The van der Waals surface area contributed by atoms with Crippen LogP contribution >= 0.6 is 12.2 Å². The van der Waals surface area contributed by atoms with E-state index in [4.69, 9.17) is 12.2 Å². The number of H-pyrrole nitrogens is 1. The van der Waals surface area contributed by atoms with Crippen molar-refractivity contribution in [3.8, 4) is 0 Å². The predicted molar refractivity (Wildman–Crippen MR) is 100.0 cm³/mol. The van der Waals surface area contributed by atoms with Crippen molar-refractivity contribution in [3.63, 3.8) is 0 Å². The number of fused-ring (bicyclic) bond motifs is 1. The zero-order valence-electron chi connectivity index (χ0n) is 13.7. The Morgan fingerprint density at radius 2 is 1.88 bits per heavy atom. The Kier molecular flexibility index (Phi) is 5.41. The minimum atomic E-state index is -4.16. The lowest BCUT2D eigenvalue weighted by atomic mass is 10.0. The lowest BCUT2D eigenvalue weighted by molar-refractivity contribution is -0.134. The molecular formula is C18H17F3N4S. The Morgan fingerprint density at radius 1 is 1.12 bits per heavy atom. The topological polar surface area (TPSA) is 52.7 Å². The minimum absolute atomic E-state index is 0.0436. The van der Waals surface area contributed by atoms with Crippen LogP contribution in [0.5, 0.6) is 0 Å². The van der Waals surface area contributed by atoms with Gasteiger partial charge in [-0.25, -0.2) is 4.98 Å². The highest BCUT2D eigenvalue weighted by Crippen LogP contribution is 2.23. The fraction of sp³-hybridized carbons (Fsp3) is 0.222. The summed E-state index contributed by atoms with van der Waals surface area (Å²) in [5.41, 5.74) is 4.00. The molecule has 1 aromatic heterocycles. The summed E-state index contributed by atoms with van der Waals surface area (Å²) in [4.78, 5) is 7.17. The first-order valence-electron chi connectivity index (χ1n) is 8.02. The van der Waals surface area contributed by atoms with E-state index in [1.165, 1.54) is 0 Å². The molecule has 0 radical (unpaired) electrons. The fourth-order valence-electron chi connectivity index (χ4n) is 2.61. The minimum Gasteiger partial charge on any atom is -0.358 e. The number of halogens is 3. The first-order chi connectivity index (χ1) is 12.4. The maximum atomic E-state index is 12.5. The molecule has 0 aliphatic rings. The van der Waals surface area contributed by atoms with Gasteiger partial charge in [0.1, 0.15) is 0 Å².